The first-order chi connectivity index (χ1) is 14.7. The zero-order chi connectivity index (χ0) is 28.4. The minimum absolute atomic E-state index is 0.00619. The van der Waals surface area contributed by atoms with Gasteiger partial charge in [0.2, 0.25) is 0 Å². The number of hydrogen-bond acceptors (Lipinski definition) is 4. The van der Waals surface area contributed by atoms with Crippen molar-refractivity contribution in [2.45, 2.75) is 129 Å². The molecule has 0 aromatic heterocycles. The third-order valence-corrected chi connectivity index (χ3v) is 22.1. The Hall–Kier alpha value is 1.36. The van der Waals surface area contributed by atoms with Crippen LogP contribution in [0.1, 0.15) is 62.3 Å². The Bertz CT molecular complexity index is 520. The highest BCUT2D eigenvalue weighted by Gasteiger charge is 2.41. The predicted octanol–water partition coefficient (Wildman–Crippen LogP) is 8.45. The van der Waals surface area contributed by atoms with Crippen LogP contribution in [0.4, 0.5) is 0 Å². The summed E-state index contributed by atoms with van der Waals surface area (Å²) in [6, 6.07) is 0. The molecule has 0 saturated carbocycles. The number of aliphatic hydroxyl groups excluding tert-OH is 2. The maximum absolute atomic E-state index is 8.28. The fraction of sp³-hybridized carbons (Fsp3) is 1.00. The van der Waals surface area contributed by atoms with Crippen molar-refractivity contribution in [1.29, 1.82) is 0 Å². The number of halogens is 3. The van der Waals surface area contributed by atoms with Crippen LogP contribution >= 0.6 is 34.3 Å². The van der Waals surface area contributed by atoms with Gasteiger partial charge in [0.25, 0.3) is 0 Å². The van der Waals surface area contributed by atoms with Crippen LogP contribution in [-0.2, 0) is 8.85 Å². The van der Waals surface area contributed by atoms with Gasteiger partial charge in [-0.1, -0.05) is 75.4 Å². The van der Waals surface area contributed by atoms with Gasteiger partial charge in [-0.2, -0.15) is 11.1 Å². The van der Waals surface area contributed by atoms with Crippen LogP contribution in [0.5, 0.6) is 0 Å². The molecule has 2 N–H and O–H groups in total. The first-order valence-corrected chi connectivity index (χ1v) is 23.0. The molecule has 0 aromatic rings. The summed E-state index contributed by atoms with van der Waals surface area (Å²) in [5, 5.41) is 17.1. The highest BCUT2D eigenvalue weighted by Crippen LogP contribution is 2.39. The minimum atomic E-state index is -1.78. The molecule has 0 aliphatic rings. The number of hydrogen-bond donors (Lipinski definition) is 2. The average molecular weight is 600 g/mol. The predicted molar refractivity (Wildman–Crippen MR) is 163 cm³/mol. The molecule has 210 valence electrons. The van der Waals surface area contributed by atoms with Crippen molar-refractivity contribution >= 4 is 58.3 Å². The first-order valence-electron chi connectivity index (χ1n) is 12.1. The molecule has 0 bridgehead atoms. The molecule has 0 heterocycles. The SMILES string of the molecule is CC(C)(C)[Si](C)(C)Cl.CC(C)(C)[Si](C)(C)OC[C@H](CCl)O[Si](C)(C)C(C)(C)C.OC[C@@H](O)CCl. The molecule has 0 aromatic carbocycles. The second-order valence-electron chi connectivity index (χ2n) is 13.4. The van der Waals surface area contributed by atoms with Crippen molar-refractivity contribution < 1.29 is 19.1 Å². The largest absolute Gasteiger partial charge is 0.414 e. The summed E-state index contributed by atoms with van der Waals surface area (Å²) in [7, 11) is -4.90. The summed E-state index contributed by atoms with van der Waals surface area (Å²) in [6.45, 7) is 33.9. The molecule has 0 saturated heterocycles. The first kappa shape index (κ1) is 39.9. The van der Waals surface area contributed by atoms with Crippen molar-refractivity contribution in [3.63, 3.8) is 0 Å². The van der Waals surface area contributed by atoms with E-state index in [-0.39, 0.29) is 28.7 Å². The molecule has 10 heteroatoms. The van der Waals surface area contributed by atoms with E-state index in [9.17, 15) is 0 Å². The topological polar surface area (TPSA) is 58.9 Å². The van der Waals surface area contributed by atoms with Crippen molar-refractivity contribution in [2.24, 2.45) is 0 Å². The van der Waals surface area contributed by atoms with Crippen LogP contribution in [0.15, 0.2) is 0 Å². The molecule has 34 heavy (non-hydrogen) atoms. The molecule has 0 rings (SSSR count). The van der Waals surface area contributed by atoms with Gasteiger partial charge in [-0.05, 0) is 41.3 Å². The number of aliphatic hydroxyl groups is 2. The second kappa shape index (κ2) is 15.7. The zero-order valence-electron chi connectivity index (χ0n) is 24.8. The summed E-state index contributed by atoms with van der Waals surface area (Å²) in [4.78, 5) is 0. The summed E-state index contributed by atoms with van der Waals surface area (Å²) in [5.74, 6) is 0.609. The van der Waals surface area contributed by atoms with Crippen molar-refractivity contribution in [3.05, 3.63) is 0 Å². The van der Waals surface area contributed by atoms with E-state index in [2.05, 4.69) is 102 Å². The summed E-state index contributed by atoms with van der Waals surface area (Å²) in [5.41, 5.74) is 0. The molecule has 0 fully saturated rings. The van der Waals surface area contributed by atoms with Crippen LogP contribution in [0.25, 0.3) is 0 Å². The smallest absolute Gasteiger partial charge is 0.192 e. The Morgan fingerprint density at radius 2 is 1.06 bits per heavy atom. The maximum Gasteiger partial charge on any atom is 0.192 e. The monoisotopic (exact) mass is 598 g/mol. The standard InChI is InChI=1S/C15H35ClO2Si2.C6H15ClSi.C3H7ClO2/c1-14(2,3)19(7,8)17-12-13(11-16)18-20(9,10)15(4,5)6;1-6(2,3)8(4,5)7;4-1-3(6)2-5/h13H,11-12H2,1-10H3;1-5H3;3,5-6H,1-2H2/t13-;;3-/m0.0/s1. The Balaban J connectivity index is -0.000000560. The normalized spacial score (nSPS) is 15.5. The van der Waals surface area contributed by atoms with E-state index < -0.39 is 30.1 Å². The van der Waals surface area contributed by atoms with Gasteiger partial charge in [0.15, 0.2) is 24.0 Å². The summed E-state index contributed by atoms with van der Waals surface area (Å²) >= 11 is 17.3. The Kier molecular flexibility index (Phi) is 18.4. The van der Waals surface area contributed by atoms with Gasteiger partial charge in [-0.25, -0.2) is 0 Å². The molecule has 0 amide bonds. The lowest BCUT2D eigenvalue weighted by atomic mass is 10.2. The average Bonchev–Trinajstić information content (AvgIpc) is 2.61. The lowest BCUT2D eigenvalue weighted by Crippen LogP contribution is -2.48. The Morgan fingerprint density at radius 3 is 1.24 bits per heavy atom. The third kappa shape index (κ3) is 17.0. The maximum atomic E-state index is 8.28. The molecular formula is C24H57Cl3O4Si3. The van der Waals surface area contributed by atoms with E-state index in [1.54, 1.807) is 0 Å². The number of alkyl halides is 2. The summed E-state index contributed by atoms with van der Waals surface area (Å²) in [6.07, 6.45) is -0.738. The fourth-order valence-electron chi connectivity index (χ4n) is 1.27. The second-order valence-corrected chi connectivity index (χ2v) is 30.9. The van der Waals surface area contributed by atoms with Crippen LogP contribution in [0.2, 0.25) is 54.4 Å². The highest BCUT2D eigenvalue weighted by molar-refractivity contribution is 7.20. The van der Waals surface area contributed by atoms with Crippen LogP contribution in [0, 0.1) is 0 Å². The van der Waals surface area contributed by atoms with Gasteiger partial charge >= 0.3 is 0 Å². The van der Waals surface area contributed by atoms with E-state index in [0.717, 1.165) is 0 Å². The molecule has 0 spiro atoms. The van der Waals surface area contributed by atoms with Crippen LogP contribution in [0.3, 0.4) is 0 Å². The molecule has 0 aliphatic heterocycles. The van der Waals surface area contributed by atoms with Gasteiger partial charge in [-0.15, -0.1) is 23.2 Å². The van der Waals surface area contributed by atoms with Gasteiger partial charge in [0.1, 0.15) is 0 Å². The quantitative estimate of drug-likeness (QED) is 0.167. The van der Waals surface area contributed by atoms with E-state index in [0.29, 0.717) is 17.5 Å². The van der Waals surface area contributed by atoms with Crippen molar-refractivity contribution in [2.75, 3.05) is 25.0 Å². The molecule has 0 aliphatic carbocycles. The van der Waals surface area contributed by atoms with Gasteiger partial charge in [0, 0.05) is 5.88 Å². The molecule has 0 unspecified atom stereocenters. The highest BCUT2D eigenvalue weighted by atomic mass is 35.6. The minimum Gasteiger partial charge on any atom is -0.414 e. The molecule has 4 nitrogen and oxygen atoms in total. The van der Waals surface area contributed by atoms with E-state index in [1.807, 2.05) is 0 Å². The third-order valence-electron chi connectivity index (χ3n) is 7.05. The summed E-state index contributed by atoms with van der Waals surface area (Å²) < 4.78 is 12.6. The van der Waals surface area contributed by atoms with Gasteiger partial charge < -0.3 is 19.1 Å². The Morgan fingerprint density at radius 1 is 0.706 bits per heavy atom. The zero-order valence-corrected chi connectivity index (χ0v) is 30.1. The Labute approximate surface area is 230 Å². The van der Waals surface area contributed by atoms with E-state index in [1.165, 1.54) is 0 Å². The van der Waals surface area contributed by atoms with Crippen molar-refractivity contribution in [1.82, 2.24) is 0 Å². The molecule has 0 radical (unpaired) electrons. The lowest BCUT2D eigenvalue weighted by Gasteiger charge is -2.41. The molecular weight excluding hydrogens is 543 g/mol. The van der Waals surface area contributed by atoms with Gasteiger partial charge in [0.05, 0.1) is 31.3 Å². The molecule has 2 atom stereocenters. The van der Waals surface area contributed by atoms with Gasteiger partial charge in [-0.3, -0.25) is 0 Å². The van der Waals surface area contributed by atoms with Crippen LogP contribution in [-0.4, -0.2) is 71.4 Å². The van der Waals surface area contributed by atoms with Crippen LogP contribution < -0.4 is 0 Å². The van der Waals surface area contributed by atoms with Crippen molar-refractivity contribution in [3.8, 4) is 0 Å². The lowest BCUT2D eigenvalue weighted by molar-refractivity contribution is 0.112. The fourth-order valence-corrected chi connectivity index (χ4v) is 4.00. The number of rotatable bonds is 8. The van der Waals surface area contributed by atoms with E-state index in [4.69, 9.17) is 53.3 Å². The van der Waals surface area contributed by atoms with E-state index >= 15 is 0 Å².